The van der Waals surface area contributed by atoms with Gasteiger partial charge in [-0.05, 0) is 56.5 Å². The molecule has 0 aliphatic carbocycles. The number of rotatable bonds is 15. The van der Waals surface area contributed by atoms with Crippen molar-refractivity contribution in [1.82, 2.24) is 10.3 Å². The van der Waals surface area contributed by atoms with Crippen molar-refractivity contribution in [2.45, 2.75) is 25.8 Å². The summed E-state index contributed by atoms with van der Waals surface area (Å²) in [6.07, 6.45) is 2.40. The van der Waals surface area contributed by atoms with Gasteiger partial charge in [-0.2, -0.15) is 0 Å². The molecule has 0 amide bonds. The van der Waals surface area contributed by atoms with Gasteiger partial charge >= 0.3 is 0 Å². The molecule has 3 rings (SSSR count). The van der Waals surface area contributed by atoms with Crippen LogP contribution in [0.5, 0.6) is 11.5 Å². The van der Waals surface area contributed by atoms with Crippen LogP contribution in [0.3, 0.4) is 0 Å². The summed E-state index contributed by atoms with van der Waals surface area (Å²) < 4.78 is 48.3. The summed E-state index contributed by atoms with van der Waals surface area (Å²) in [6.45, 7) is 5.72. The van der Waals surface area contributed by atoms with Crippen LogP contribution in [0.25, 0.3) is 10.9 Å². The van der Waals surface area contributed by atoms with Gasteiger partial charge in [0.05, 0.1) is 13.7 Å². The predicted molar refractivity (Wildman–Crippen MR) is 146 cm³/mol. The van der Waals surface area contributed by atoms with Crippen LogP contribution in [0.4, 0.5) is 4.39 Å². The van der Waals surface area contributed by atoms with E-state index in [0.717, 1.165) is 5.56 Å². The van der Waals surface area contributed by atoms with Crippen molar-refractivity contribution in [2.24, 2.45) is 0 Å². The van der Waals surface area contributed by atoms with Crippen molar-refractivity contribution in [1.29, 1.82) is 0 Å². The second-order valence-corrected chi connectivity index (χ2v) is 13.1. The molecule has 206 valence electrons. The number of hydrogen-bond donors (Lipinski definition) is 1. The number of Topliss-reactive ketones (excluding diaryl/α,β-unsaturated/α-hetero) is 1. The Kier molecular flexibility index (Phi) is 10.8. The number of aromatic nitrogens is 1. The number of nitrogens with zero attached hydrogens (tertiary/aromatic N) is 1. The molecule has 0 spiro atoms. The minimum Gasteiger partial charge on any atom is -0.467 e. The van der Waals surface area contributed by atoms with E-state index >= 15 is 0 Å². The highest BCUT2D eigenvalue weighted by Gasteiger charge is 2.31. The fraction of sp³-hybridized carbons (Fsp3) is 0.429. The first-order chi connectivity index (χ1) is 18.2. The number of methoxy groups -OCH3 is 2. The molecule has 0 saturated heterocycles. The molecule has 0 saturated carbocycles. The first-order valence-electron chi connectivity index (χ1n) is 12.3. The van der Waals surface area contributed by atoms with Crippen LogP contribution in [-0.2, 0) is 25.4 Å². The van der Waals surface area contributed by atoms with E-state index in [9.17, 15) is 13.8 Å². The Morgan fingerprint density at radius 2 is 1.71 bits per heavy atom. The van der Waals surface area contributed by atoms with Gasteiger partial charge in [0.25, 0.3) is 0 Å². The first-order valence-corrected chi connectivity index (χ1v) is 15.1. The van der Waals surface area contributed by atoms with E-state index < -0.39 is 13.1 Å². The van der Waals surface area contributed by atoms with Crippen LogP contribution >= 0.6 is 7.14 Å². The topological polar surface area (TPSA) is 96.0 Å². The van der Waals surface area contributed by atoms with E-state index in [1.54, 1.807) is 37.7 Å². The first kappa shape index (κ1) is 29.7. The van der Waals surface area contributed by atoms with Gasteiger partial charge in [0.1, 0.15) is 17.1 Å². The van der Waals surface area contributed by atoms with Gasteiger partial charge in [0.15, 0.2) is 25.1 Å². The summed E-state index contributed by atoms with van der Waals surface area (Å²) >= 11 is 0. The van der Waals surface area contributed by atoms with Crippen LogP contribution in [0.15, 0.2) is 42.6 Å². The maximum Gasteiger partial charge on any atom is 0.188 e. The van der Waals surface area contributed by atoms with Crippen LogP contribution in [0, 0.1) is 12.7 Å². The summed E-state index contributed by atoms with van der Waals surface area (Å²) in [5, 5.41) is 3.84. The minimum atomic E-state index is -2.42. The molecule has 0 radical (unpaired) electrons. The van der Waals surface area contributed by atoms with Gasteiger partial charge < -0.3 is 28.8 Å². The summed E-state index contributed by atoms with van der Waals surface area (Å²) in [4.78, 5) is 18.3. The van der Waals surface area contributed by atoms with Gasteiger partial charge in [-0.1, -0.05) is 12.1 Å². The number of ketones is 1. The van der Waals surface area contributed by atoms with Crippen molar-refractivity contribution in [3.05, 3.63) is 65.1 Å². The smallest absolute Gasteiger partial charge is 0.188 e. The van der Waals surface area contributed by atoms with Gasteiger partial charge in [-0.15, -0.1) is 0 Å². The number of fused-ring (bicyclic) bond motifs is 1. The number of carbonyl (C=O) groups is 1. The van der Waals surface area contributed by atoms with Crippen LogP contribution in [-0.4, -0.2) is 64.6 Å². The third kappa shape index (κ3) is 7.84. The average molecular weight is 547 g/mol. The van der Waals surface area contributed by atoms with Gasteiger partial charge in [0.2, 0.25) is 0 Å². The Balaban J connectivity index is 2.06. The second-order valence-electron chi connectivity index (χ2n) is 9.53. The van der Waals surface area contributed by atoms with Crippen molar-refractivity contribution in [3.63, 3.8) is 0 Å². The third-order valence-electron chi connectivity index (χ3n) is 6.13. The molecule has 1 heterocycles. The fourth-order valence-electron chi connectivity index (χ4n) is 4.33. The minimum absolute atomic E-state index is 0.00118. The maximum absolute atomic E-state index is 13.8. The zero-order chi connectivity index (χ0) is 27.7. The lowest BCUT2D eigenvalue weighted by Gasteiger charge is -2.26. The van der Waals surface area contributed by atoms with E-state index in [2.05, 4.69) is 10.3 Å². The second kappa shape index (κ2) is 13.8. The maximum atomic E-state index is 13.8. The SMILES string of the molecule is COCOc1c(C(CCP(C)(C)=O)C(=O)CNCc2ccc(F)cc2)c(C)c(OCOC)c2ncccc12. The molecule has 1 aromatic heterocycles. The Morgan fingerprint density at radius 1 is 1.05 bits per heavy atom. The number of hydrogen-bond acceptors (Lipinski definition) is 8. The van der Waals surface area contributed by atoms with E-state index in [4.69, 9.17) is 18.9 Å². The quantitative estimate of drug-likeness (QED) is 0.208. The summed E-state index contributed by atoms with van der Waals surface area (Å²) in [5.74, 6) is -0.0615. The van der Waals surface area contributed by atoms with Gasteiger partial charge in [0, 0.05) is 55.6 Å². The molecule has 8 nitrogen and oxygen atoms in total. The Bertz CT molecular complexity index is 1280. The van der Waals surface area contributed by atoms with Crippen molar-refractivity contribution >= 4 is 23.8 Å². The molecule has 10 heteroatoms. The molecule has 1 unspecified atom stereocenters. The van der Waals surface area contributed by atoms with Gasteiger partial charge in [-0.3, -0.25) is 9.78 Å². The summed E-state index contributed by atoms with van der Waals surface area (Å²) in [6, 6.07) is 9.75. The van der Waals surface area contributed by atoms with Crippen LogP contribution in [0.2, 0.25) is 0 Å². The standard InChI is InChI=1S/C28H36FN2O6P/c1-19-25(28(37-18-35-3)23-7-6-13-31-26(23)27(19)36-17-34-2)22(12-14-38(4,5)33)24(32)16-30-15-20-8-10-21(29)11-9-20/h6-11,13,22,30H,12,14-18H2,1-5H3. The number of pyridine rings is 1. The lowest BCUT2D eigenvalue weighted by Crippen LogP contribution is -2.28. The third-order valence-corrected chi connectivity index (χ3v) is 7.47. The molecular formula is C28H36FN2O6P. The van der Waals surface area contributed by atoms with E-state index in [-0.39, 0.29) is 31.7 Å². The lowest BCUT2D eigenvalue weighted by atomic mass is 9.86. The molecule has 0 aliphatic heterocycles. The molecule has 0 fully saturated rings. The van der Waals surface area contributed by atoms with Crippen molar-refractivity contribution in [3.8, 4) is 11.5 Å². The van der Waals surface area contributed by atoms with Crippen LogP contribution in [0.1, 0.15) is 29.0 Å². The number of benzene rings is 2. The van der Waals surface area contributed by atoms with E-state index in [1.165, 1.54) is 26.4 Å². The predicted octanol–water partition coefficient (Wildman–Crippen LogP) is 5.10. The summed E-state index contributed by atoms with van der Waals surface area (Å²) in [7, 11) is 0.628. The molecule has 0 bridgehead atoms. The molecule has 3 aromatic rings. The van der Waals surface area contributed by atoms with E-state index in [1.807, 2.05) is 13.0 Å². The molecule has 0 aliphatic rings. The highest BCUT2D eigenvalue weighted by Crippen LogP contribution is 2.46. The fourth-order valence-corrected chi connectivity index (χ4v) is 5.21. The average Bonchev–Trinajstić information content (AvgIpc) is 2.88. The molecule has 38 heavy (non-hydrogen) atoms. The lowest BCUT2D eigenvalue weighted by molar-refractivity contribution is -0.119. The molecule has 1 N–H and O–H groups in total. The van der Waals surface area contributed by atoms with Crippen LogP contribution < -0.4 is 14.8 Å². The molecule has 1 atom stereocenters. The number of halogens is 1. The highest BCUT2D eigenvalue weighted by atomic mass is 31.2. The van der Waals surface area contributed by atoms with Gasteiger partial charge in [-0.25, -0.2) is 4.39 Å². The Labute approximate surface area is 223 Å². The zero-order valence-corrected chi connectivity index (χ0v) is 23.5. The van der Waals surface area contributed by atoms with Crippen molar-refractivity contribution < 1.29 is 32.7 Å². The number of carbonyl (C=O) groups excluding carboxylic acids is 1. The monoisotopic (exact) mass is 546 g/mol. The van der Waals surface area contributed by atoms with Crippen molar-refractivity contribution in [2.75, 3.05) is 53.8 Å². The molecular weight excluding hydrogens is 510 g/mol. The number of ether oxygens (including phenoxy) is 4. The Hall–Kier alpha value is -2.84. The largest absolute Gasteiger partial charge is 0.467 e. The highest BCUT2D eigenvalue weighted by molar-refractivity contribution is 7.62. The Morgan fingerprint density at radius 3 is 2.34 bits per heavy atom. The normalized spacial score (nSPS) is 12.5. The van der Waals surface area contributed by atoms with E-state index in [0.29, 0.717) is 52.7 Å². The zero-order valence-electron chi connectivity index (χ0n) is 22.6. The summed E-state index contributed by atoms with van der Waals surface area (Å²) in [5.41, 5.74) is 2.78. The number of nitrogens with one attached hydrogen (secondary N) is 1. The molecule has 2 aromatic carbocycles.